The molecule has 0 aromatic carbocycles. The molecule has 0 radical (unpaired) electrons. The van der Waals surface area contributed by atoms with Crippen molar-refractivity contribution in [2.45, 2.75) is 45.1 Å². The molecule has 1 aromatic heterocycles. The quantitative estimate of drug-likeness (QED) is 0.893. The predicted molar refractivity (Wildman–Crippen MR) is 68.1 cm³/mol. The molecule has 1 N–H and O–H groups in total. The van der Waals surface area contributed by atoms with Crippen molar-refractivity contribution in [1.29, 1.82) is 0 Å². The fourth-order valence-corrected chi connectivity index (χ4v) is 2.37. The number of halogens is 3. The van der Waals surface area contributed by atoms with Crippen LogP contribution in [0.3, 0.4) is 0 Å². The fourth-order valence-electron chi connectivity index (χ4n) is 2.37. The van der Waals surface area contributed by atoms with Gasteiger partial charge in [0.05, 0.1) is 6.54 Å². The molecule has 2 heterocycles. The molecule has 1 aliphatic heterocycles. The Morgan fingerprint density at radius 1 is 1.30 bits per heavy atom. The van der Waals surface area contributed by atoms with Crippen molar-refractivity contribution in [3.8, 4) is 0 Å². The molecule has 0 bridgehead atoms. The van der Waals surface area contributed by atoms with Crippen molar-refractivity contribution in [3.63, 3.8) is 0 Å². The highest BCUT2D eigenvalue weighted by Crippen LogP contribution is 2.29. The van der Waals surface area contributed by atoms with Gasteiger partial charge in [-0.2, -0.15) is 13.2 Å². The lowest BCUT2D eigenvalue weighted by Gasteiger charge is -2.28. The zero-order valence-corrected chi connectivity index (χ0v) is 11.7. The summed E-state index contributed by atoms with van der Waals surface area (Å²) in [6.07, 6.45) is -2.36. The molecule has 0 amide bonds. The first-order chi connectivity index (χ1) is 9.41. The van der Waals surface area contributed by atoms with Gasteiger partial charge in [0.25, 0.3) is 0 Å². The fraction of sp³-hybridized carbons (Fsp3) is 0.833. The van der Waals surface area contributed by atoms with E-state index in [1.807, 2.05) is 7.05 Å². The largest absolute Gasteiger partial charge is 0.451 e. The van der Waals surface area contributed by atoms with E-state index in [0.29, 0.717) is 31.5 Å². The van der Waals surface area contributed by atoms with Crippen LogP contribution in [-0.4, -0.2) is 45.8 Å². The van der Waals surface area contributed by atoms with Crippen LogP contribution in [0.1, 0.15) is 31.4 Å². The first kappa shape index (κ1) is 15.2. The third-order valence-electron chi connectivity index (χ3n) is 3.69. The SMILES string of the molecule is CNC(C)CCCN1CCn2c(nnc2C(F)(F)F)C1. The number of hydrogen-bond donors (Lipinski definition) is 1. The van der Waals surface area contributed by atoms with E-state index in [1.54, 1.807) is 0 Å². The van der Waals surface area contributed by atoms with Gasteiger partial charge in [-0.05, 0) is 33.4 Å². The maximum absolute atomic E-state index is 12.7. The molecular weight excluding hydrogens is 271 g/mol. The summed E-state index contributed by atoms with van der Waals surface area (Å²) < 4.78 is 39.3. The Bertz CT molecular complexity index is 443. The number of rotatable bonds is 5. The number of alkyl halides is 3. The maximum Gasteiger partial charge on any atom is 0.451 e. The molecule has 114 valence electrons. The Kier molecular flexibility index (Phi) is 4.64. The van der Waals surface area contributed by atoms with E-state index in [0.717, 1.165) is 19.4 Å². The minimum atomic E-state index is -4.42. The monoisotopic (exact) mass is 291 g/mol. The molecule has 0 saturated heterocycles. The summed E-state index contributed by atoms with van der Waals surface area (Å²) in [6.45, 7) is 4.35. The van der Waals surface area contributed by atoms with Gasteiger partial charge in [-0.15, -0.1) is 10.2 Å². The Balaban J connectivity index is 1.90. The molecule has 1 aliphatic rings. The van der Waals surface area contributed by atoms with Crippen molar-refractivity contribution >= 4 is 0 Å². The minimum Gasteiger partial charge on any atom is -0.317 e. The summed E-state index contributed by atoms with van der Waals surface area (Å²) in [6, 6.07) is 0.459. The lowest BCUT2D eigenvalue weighted by molar-refractivity contribution is -0.148. The zero-order valence-electron chi connectivity index (χ0n) is 11.7. The highest BCUT2D eigenvalue weighted by atomic mass is 19.4. The van der Waals surface area contributed by atoms with Crippen molar-refractivity contribution in [3.05, 3.63) is 11.6 Å². The summed E-state index contributed by atoms with van der Waals surface area (Å²) in [5, 5.41) is 10.1. The third-order valence-corrected chi connectivity index (χ3v) is 3.69. The molecule has 2 rings (SSSR count). The molecule has 0 saturated carbocycles. The molecule has 0 fully saturated rings. The van der Waals surface area contributed by atoms with Crippen LogP contribution < -0.4 is 5.32 Å². The van der Waals surface area contributed by atoms with Gasteiger partial charge in [-0.25, -0.2) is 0 Å². The average molecular weight is 291 g/mol. The van der Waals surface area contributed by atoms with E-state index in [9.17, 15) is 13.2 Å². The first-order valence-corrected chi connectivity index (χ1v) is 6.80. The summed E-state index contributed by atoms with van der Waals surface area (Å²) in [7, 11) is 1.92. The smallest absolute Gasteiger partial charge is 0.317 e. The topological polar surface area (TPSA) is 46.0 Å². The molecule has 1 aromatic rings. The van der Waals surface area contributed by atoms with Gasteiger partial charge in [0.2, 0.25) is 5.82 Å². The number of hydrogen-bond acceptors (Lipinski definition) is 4. The van der Waals surface area contributed by atoms with Crippen molar-refractivity contribution in [1.82, 2.24) is 25.0 Å². The van der Waals surface area contributed by atoms with E-state index in [1.165, 1.54) is 4.57 Å². The lowest BCUT2D eigenvalue weighted by Crippen LogP contribution is -2.36. The van der Waals surface area contributed by atoms with Crippen LogP contribution >= 0.6 is 0 Å². The molecule has 0 spiro atoms. The normalized spacial score (nSPS) is 18.1. The van der Waals surface area contributed by atoms with E-state index in [-0.39, 0.29) is 0 Å². The van der Waals surface area contributed by atoms with Crippen LogP contribution in [0.4, 0.5) is 13.2 Å². The van der Waals surface area contributed by atoms with Gasteiger partial charge in [0.15, 0.2) is 0 Å². The summed E-state index contributed by atoms with van der Waals surface area (Å²) >= 11 is 0. The van der Waals surface area contributed by atoms with Crippen LogP contribution in [0.2, 0.25) is 0 Å². The van der Waals surface area contributed by atoms with E-state index in [2.05, 4.69) is 27.3 Å². The van der Waals surface area contributed by atoms with Gasteiger partial charge in [0.1, 0.15) is 5.82 Å². The number of aromatic nitrogens is 3. The second-order valence-electron chi connectivity index (χ2n) is 5.20. The molecule has 8 heteroatoms. The first-order valence-electron chi connectivity index (χ1n) is 6.80. The number of fused-ring (bicyclic) bond motifs is 1. The Morgan fingerprint density at radius 3 is 2.70 bits per heavy atom. The van der Waals surface area contributed by atoms with Gasteiger partial charge in [-0.3, -0.25) is 4.90 Å². The van der Waals surface area contributed by atoms with Gasteiger partial charge in [0, 0.05) is 19.1 Å². The van der Waals surface area contributed by atoms with Crippen LogP contribution in [0.15, 0.2) is 0 Å². The standard InChI is InChI=1S/C12H20F3N5/c1-9(16-2)4-3-5-19-6-7-20-10(8-19)17-18-11(20)12(13,14)15/h9,16H,3-8H2,1-2H3. The molecule has 1 unspecified atom stereocenters. The number of nitrogens with zero attached hydrogens (tertiary/aromatic N) is 4. The van der Waals surface area contributed by atoms with Crippen molar-refractivity contribution < 1.29 is 13.2 Å². The van der Waals surface area contributed by atoms with Crippen LogP contribution in [0, 0.1) is 0 Å². The molecular formula is C12H20F3N5. The highest BCUT2D eigenvalue weighted by molar-refractivity contribution is 5.02. The van der Waals surface area contributed by atoms with Crippen LogP contribution in [0.5, 0.6) is 0 Å². The number of nitrogens with one attached hydrogen (secondary N) is 1. The molecule has 1 atom stereocenters. The Morgan fingerprint density at radius 2 is 2.05 bits per heavy atom. The van der Waals surface area contributed by atoms with Crippen LogP contribution in [0.25, 0.3) is 0 Å². The van der Waals surface area contributed by atoms with E-state index >= 15 is 0 Å². The van der Waals surface area contributed by atoms with Gasteiger partial charge < -0.3 is 9.88 Å². The van der Waals surface area contributed by atoms with Crippen molar-refractivity contribution in [2.75, 3.05) is 20.1 Å². The van der Waals surface area contributed by atoms with E-state index in [4.69, 9.17) is 0 Å². The molecule has 0 aliphatic carbocycles. The highest BCUT2D eigenvalue weighted by Gasteiger charge is 2.39. The lowest BCUT2D eigenvalue weighted by atomic mass is 10.1. The predicted octanol–water partition coefficient (Wildman–Crippen LogP) is 1.50. The van der Waals surface area contributed by atoms with Gasteiger partial charge >= 0.3 is 6.18 Å². The second-order valence-corrected chi connectivity index (χ2v) is 5.20. The summed E-state index contributed by atoms with van der Waals surface area (Å²) in [5.41, 5.74) is 0. The Hall–Kier alpha value is -1.15. The van der Waals surface area contributed by atoms with Crippen molar-refractivity contribution in [2.24, 2.45) is 0 Å². The van der Waals surface area contributed by atoms with E-state index < -0.39 is 12.0 Å². The third kappa shape index (κ3) is 3.49. The Labute approximate surface area is 116 Å². The average Bonchev–Trinajstić information content (AvgIpc) is 2.81. The molecule has 20 heavy (non-hydrogen) atoms. The zero-order chi connectivity index (χ0) is 14.8. The summed E-state index contributed by atoms with van der Waals surface area (Å²) in [4.78, 5) is 2.13. The second kappa shape index (κ2) is 6.09. The molecule has 5 nitrogen and oxygen atoms in total. The summed E-state index contributed by atoms with van der Waals surface area (Å²) in [5.74, 6) is -0.471. The van der Waals surface area contributed by atoms with Crippen LogP contribution in [-0.2, 0) is 19.3 Å². The van der Waals surface area contributed by atoms with Gasteiger partial charge in [-0.1, -0.05) is 0 Å². The maximum atomic E-state index is 12.7. The minimum absolute atomic E-state index is 0.304.